The third-order valence-electron chi connectivity index (χ3n) is 4.20. The fourth-order valence-electron chi connectivity index (χ4n) is 2.60. The van der Waals surface area contributed by atoms with Crippen molar-refractivity contribution in [3.63, 3.8) is 0 Å². The molecule has 1 atom stereocenters. The van der Waals surface area contributed by atoms with Crippen LogP contribution in [0.5, 0.6) is 5.75 Å². The fourth-order valence-corrected chi connectivity index (χ4v) is 3.22. The van der Waals surface area contributed by atoms with Crippen molar-refractivity contribution in [1.82, 2.24) is 25.4 Å². The summed E-state index contributed by atoms with van der Waals surface area (Å²) in [6.45, 7) is 0.395. The van der Waals surface area contributed by atoms with E-state index in [-0.39, 0.29) is 11.8 Å². The van der Waals surface area contributed by atoms with Gasteiger partial charge in [-0.1, -0.05) is 12.1 Å². The number of ether oxygens (including phenoxy) is 1. The van der Waals surface area contributed by atoms with Gasteiger partial charge < -0.3 is 19.9 Å². The van der Waals surface area contributed by atoms with Crippen LogP contribution in [0.2, 0.25) is 0 Å². The number of thioether (sulfide) groups is 1. The van der Waals surface area contributed by atoms with Gasteiger partial charge in [0.1, 0.15) is 17.6 Å². The summed E-state index contributed by atoms with van der Waals surface area (Å²) in [4.78, 5) is 25.3. The molecule has 1 heterocycles. The molecule has 2 amide bonds. The van der Waals surface area contributed by atoms with E-state index < -0.39 is 6.04 Å². The van der Waals surface area contributed by atoms with Gasteiger partial charge in [-0.2, -0.15) is 16.9 Å². The summed E-state index contributed by atoms with van der Waals surface area (Å²) in [6.07, 6.45) is 3.02. The summed E-state index contributed by atoms with van der Waals surface area (Å²) < 4.78 is 7.52. The van der Waals surface area contributed by atoms with Crippen LogP contribution in [0.4, 0.5) is 0 Å². The van der Waals surface area contributed by atoms with Crippen molar-refractivity contribution in [3.05, 3.63) is 40.4 Å². The Balaban J connectivity index is 1.99. The number of hydrogen-bond donors (Lipinski definition) is 3. The van der Waals surface area contributed by atoms with Crippen molar-refractivity contribution >= 4 is 35.8 Å². The van der Waals surface area contributed by atoms with E-state index in [2.05, 4.69) is 20.8 Å². The lowest BCUT2D eigenvalue weighted by Crippen LogP contribution is -2.47. The Kier molecular flexibility index (Phi) is 8.52. The molecule has 3 N–H and O–H groups in total. The molecule has 1 aromatic heterocycles. The van der Waals surface area contributed by atoms with Crippen LogP contribution in [-0.2, 0) is 18.3 Å². The number of methoxy groups -OCH3 is 1. The molecule has 0 aliphatic rings. The molecular weight excluding hydrogens is 398 g/mol. The topological polar surface area (TPSA) is 101 Å². The highest BCUT2D eigenvalue weighted by atomic mass is 32.2. The van der Waals surface area contributed by atoms with Crippen LogP contribution in [0, 0.1) is 4.77 Å². The molecular formula is C18H25N5O3S2. The van der Waals surface area contributed by atoms with Crippen molar-refractivity contribution in [2.75, 3.05) is 25.7 Å². The second-order valence-electron chi connectivity index (χ2n) is 6.05. The first-order valence-electron chi connectivity index (χ1n) is 8.78. The minimum atomic E-state index is -0.632. The molecule has 1 aromatic carbocycles. The summed E-state index contributed by atoms with van der Waals surface area (Å²) in [7, 11) is 3.32. The molecule has 28 heavy (non-hydrogen) atoms. The first-order chi connectivity index (χ1) is 13.5. The van der Waals surface area contributed by atoms with E-state index in [4.69, 9.17) is 17.0 Å². The Bertz CT molecular complexity index is 865. The monoisotopic (exact) mass is 423 g/mol. The largest absolute Gasteiger partial charge is 0.496 e. The van der Waals surface area contributed by atoms with E-state index in [0.717, 1.165) is 11.6 Å². The van der Waals surface area contributed by atoms with Gasteiger partial charge in [0, 0.05) is 20.0 Å². The molecule has 0 aliphatic heterocycles. The summed E-state index contributed by atoms with van der Waals surface area (Å²) >= 11 is 6.70. The predicted molar refractivity (Wildman–Crippen MR) is 112 cm³/mol. The maximum Gasteiger partial charge on any atom is 0.255 e. The zero-order valence-corrected chi connectivity index (χ0v) is 17.8. The van der Waals surface area contributed by atoms with E-state index in [1.165, 1.54) is 7.11 Å². The molecule has 8 nitrogen and oxygen atoms in total. The molecule has 0 bridgehead atoms. The number of para-hydroxylation sites is 1. The lowest BCUT2D eigenvalue weighted by Gasteiger charge is -2.19. The summed E-state index contributed by atoms with van der Waals surface area (Å²) in [6, 6.07) is 6.29. The molecule has 2 rings (SSSR count). The Morgan fingerprint density at radius 1 is 1.39 bits per heavy atom. The van der Waals surface area contributed by atoms with Crippen LogP contribution in [-0.4, -0.2) is 58.3 Å². The second kappa shape index (κ2) is 10.9. The van der Waals surface area contributed by atoms with Crippen LogP contribution in [0.1, 0.15) is 22.6 Å². The molecule has 0 aliphatic carbocycles. The van der Waals surface area contributed by atoms with Crippen molar-refractivity contribution in [2.45, 2.75) is 18.9 Å². The Morgan fingerprint density at radius 3 is 2.79 bits per heavy atom. The Hall–Kier alpha value is -2.33. The van der Waals surface area contributed by atoms with Gasteiger partial charge in [0.2, 0.25) is 5.91 Å². The molecule has 10 heteroatoms. The lowest BCUT2D eigenvalue weighted by molar-refractivity contribution is -0.123. The normalized spacial score (nSPS) is 11.7. The molecule has 0 radical (unpaired) electrons. The molecule has 0 spiro atoms. The number of hydrogen-bond acceptors (Lipinski definition) is 6. The number of carbonyl (C=O) groups excluding carboxylic acids is 2. The van der Waals surface area contributed by atoms with Crippen LogP contribution in [0.25, 0.3) is 0 Å². The third-order valence-corrected chi connectivity index (χ3v) is 5.21. The number of rotatable bonds is 10. The van der Waals surface area contributed by atoms with Gasteiger partial charge in [-0.3, -0.25) is 14.7 Å². The number of aromatic amines is 1. The third kappa shape index (κ3) is 5.83. The van der Waals surface area contributed by atoms with E-state index in [1.54, 1.807) is 40.6 Å². The zero-order chi connectivity index (χ0) is 20.5. The van der Waals surface area contributed by atoms with Crippen LogP contribution in [0.3, 0.4) is 0 Å². The molecule has 2 aromatic rings. The molecule has 0 saturated carbocycles. The number of nitrogens with zero attached hydrogens (tertiary/aromatic N) is 2. The zero-order valence-electron chi connectivity index (χ0n) is 16.2. The van der Waals surface area contributed by atoms with Gasteiger partial charge in [-0.05, 0) is 42.8 Å². The summed E-state index contributed by atoms with van der Waals surface area (Å²) in [5.41, 5.74) is 0.397. The standard InChI is InChI=1S/C18H25N5O3S2/c1-23-15(21-22-18(23)27)8-10-19-17(25)13(9-11-28-3)20-16(24)12-6-4-5-7-14(12)26-2/h4-7,13H,8-11H2,1-3H3,(H,19,25)(H,20,24)(H,22,27). The minimum absolute atomic E-state index is 0.228. The quantitative estimate of drug-likeness (QED) is 0.503. The Morgan fingerprint density at radius 2 is 2.14 bits per heavy atom. The van der Waals surface area contributed by atoms with Crippen LogP contribution >= 0.6 is 24.0 Å². The van der Waals surface area contributed by atoms with Crippen molar-refractivity contribution in [2.24, 2.45) is 7.05 Å². The van der Waals surface area contributed by atoms with Gasteiger partial charge >= 0.3 is 0 Å². The first-order valence-corrected chi connectivity index (χ1v) is 10.6. The van der Waals surface area contributed by atoms with E-state index >= 15 is 0 Å². The van der Waals surface area contributed by atoms with E-state index in [9.17, 15) is 9.59 Å². The van der Waals surface area contributed by atoms with Gasteiger partial charge in [-0.15, -0.1) is 0 Å². The van der Waals surface area contributed by atoms with Gasteiger partial charge in [-0.25, -0.2) is 0 Å². The predicted octanol–water partition coefficient (Wildman–Crippen LogP) is 1.70. The number of benzene rings is 1. The van der Waals surface area contributed by atoms with Gasteiger partial charge in [0.05, 0.1) is 12.7 Å². The van der Waals surface area contributed by atoms with Crippen molar-refractivity contribution in [3.8, 4) is 5.75 Å². The number of H-pyrrole nitrogens is 1. The highest BCUT2D eigenvalue weighted by Gasteiger charge is 2.22. The number of carbonyl (C=O) groups is 2. The van der Waals surface area contributed by atoms with Crippen LogP contribution in [0.15, 0.2) is 24.3 Å². The average Bonchev–Trinajstić information content (AvgIpc) is 3.02. The first kappa shape index (κ1) is 22.0. The second-order valence-corrected chi connectivity index (χ2v) is 7.43. The average molecular weight is 424 g/mol. The Labute approximate surface area is 173 Å². The summed E-state index contributed by atoms with van der Waals surface area (Å²) in [5, 5.41) is 12.5. The minimum Gasteiger partial charge on any atom is -0.496 e. The lowest BCUT2D eigenvalue weighted by atomic mass is 10.1. The summed E-state index contributed by atoms with van der Waals surface area (Å²) in [5.74, 6) is 1.40. The van der Waals surface area contributed by atoms with Crippen molar-refractivity contribution < 1.29 is 14.3 Å². The number of aromatic nitrogens is 3. The molecule has 0 saturated heterocycles. The van der Waals surface area contributed by atoms with E-state index in [0.29, 0.717) is 35.5 Å². The molecule has 0 fully saturated rings. The number of nitrogens with one attached hydrogen (secondary N) is 3. The maximum atomic E-state index is 12.6. The molecule has 152 valence electrons. The van der Waals surface area contributed by atoms with Gasteiger partial charge in [0.15, 0.2) is 4.77 Å². The van der Waals surface area contributed by atoms with E-state index in [1.807, 2.05) is 13.3 Å². The van der Waals surface area contributed by atoms with Crippen LogP contribution < -0.4 is 15.4 Å². The highest BCUT2D eigenvalue weighted by molar-refractivity contribution is 7.98. The molecule has 1 unspecified atom stereocenters. The smallest absolute Gasteiger partial charge is 0.255 e. The SMILES string of the molecule is COc1ccccc1C(=O)NC(CCSC)C(=O)NCCc1n[nH]c(=S)n1C. The maximum absolute atomic E-state index is 12.6. The number of amides is 2. The van der Waals surface area contributed by atoms with Gasteiger partial charge in [0.25, 0.3) is 5.91 Å². The highest BCUT2D eigenvalue weighted by Crippen LogP contribution is 2.17. The van der Waals surface area contributed by atoms with Crippen molar-refractivity contribution in [1.29, 1.82) is 0 Å². The fraction of sp³-hybridized carbons (Fsp3) is 0.444.